The molecule has 27 heavy (non-hydrogen) atoms. The van der Waals surface area contributed by atoms with Crippen LogP contribution in [0.25, 0.3) is 11.0 Å². The second-order valence-corrected chi connectivity index (χ2v) is 5.97. The van der Waals surface area contributed by atoms with Gasteiger partial charge in [0.05, 0.1) is 24.3 Å². The first-order chi connectivity index (χ1) is 13.0. The third kappa shape index (κ3) is 3.06. The summed E-state index contributed by atoms with van der Waals surface area (Å²) in [6.45, 7) is 3.91. The van der Waals surface area contributed by atoms with Crippen LogP contribution in [0.15, 0.2) is 45.6 Å². The highest BCUT2D eigenvalue weighted by molar-refractivity contribution is 5.94. The Balaban J connectivity index is 2.29. The van der Waals surface area contributed by atoms with Gasteiger partial charge in [-0.25, -0.2) is 9.42 Å². The van der Waals surface area contributed by atoms with E-state index in [0.29, 0.717) is 40.2 Å². The van der Waals surface area contributed by atoms with E-state index >= 15 is 0 Å². The molecule has 0 fully saturated rings. The Kier molecular flexibility index (Phi) is 5.22. The van der Waals surface area contributed by atoms with Crippen LogP contribution in [0, 0.1) is 0 Å². The Bertz CT molecular complexity index is 946. The molecule has 0 bridgehead atoms. The number of nitrogens with zero attached hydrogens (tertiary/aromatic N) is 3. The molecule has 1 aromatic heterocycles. The zero-order valence-corrected chi connectivity index (χ0v) is 15.3. The lowest BCUT2D eigenvalue weighted by molar-refractivity contribution is -0.136. The van der Waals surface area contributed by atoms with Gasteiger partial charge in [-0.2, -0.15) is 0 Å². The van der Waals surface area contributed by atoms with E-state index in [1.165, 1.54) is 12.0 Å². The van der Waals surface area contributed by atoms with E-state index in [0.717, 1.165) is 0 Å². The Hall–Kier alpha value is -3.20. The van der Waals surface area contributed by atoms with Crippen molar-refractivity contribution in [3.05, 3.63) is 46.5 Å². The van der Waals surface area contributed by atoms with Crippen molar-refractivity contribution in [1.82, 2.24) is 15.2 Å². The molecule has 0 saturated carbocycles. The molecule has 1 aliphatic heterocycles. The zero-order valence-electron chi connectivity index (χ0n) is 15.3. The van der Waals surface area contributed by atoms with Gasteiger partial charge in [-0.15, -0.1) is 0 Å². The molecule has 9 nitrogen and oxygen atoms in total. The zero-order chi connectivity index (χ0) is 19.6. The third-order valence-electron chi connectivity index (χ3n) is 4.53. The summed E-state index contributed by atoms with van der Waals surface area (Å²) in [4.78, 5) is 25.7. The van der Waals surface area contributed by atoms with Crippen LogP contribution < -0.4 is 5.73 Å². The fourth-order valence-electron chi connectivity index (χ4n) is 3.30. The number of esters is 1. The lowest BCUT2D eigenvalue weighted by Crippen LogP contribution is -2.33. The SMILES string of the molecule is COC(=O)C1=C(C)N(C=O)C(C)=C(OCCN)C1c1cccc2nonc12. The number of nitrogens with two attached hydrogens (primary N) is 1. The van der Waals surface area contributed by atoms with Crippen LogP contribution in [0.2, 0.25) is 0 Å². The van der Waals surface area contributed by atoms with Crippen molar-refractivity contribution in [1.29, 1.82) is 0 Å². The maximum atomic E-state index is 12.6. The summed E-state index contributed by atoms with van der Waals surface area (Å²) in [6.07, 6.45) is 0.633. The summed E-state index contributed by atoms with van der Waals surface area (Å²) < 4.78 is 15.7. The van der Waals surface area contributed by atoms with Crippen LogP contribution in [0.3, 0.4) is 0 Å². The predicted octanol–water partition coefficient (Wildman–Crippen LogP) is 1.43. The Morgan fingerprint density at radius 2 is 2.11 bits per heavy atom. The van der Waals surface area contributed by atoms with Gasteiger partial charge in [-0.05, 0) is 35.8 Å². The number of aromatic nitrogens is 2. The van der Waals surface area contributed by atoms with Crippen molar-refractivity contribution >= 4 is 23.4 Å². The molecule has 1 amide bonds. The molecular weight excluding hydrogens is 352 g/mol. The molecule has 0 spiro atoms. The summed E-state index contributed by atoms with van der Waals surface area (Å²) in [5.74, 6) is -0.788. The molecule has 1 atom stereocenters. The number of carbonyl (C=O) groups excluding carboxylic acids is 2. The molecular formula is C18H20N4O5. The smallest absolute Gasteiger partial charge is 0.336 e. The second kappa shape index (κ2) is 7.58. The van der Waals surface area contributed by atoms with Gasteiger partial charge in [-0.1, -0.05) is 12.1 Å². The normalized spacial score (nSPS) is 17.5. The number of ether oxygens (including phenoxy) is 2. The lowest BCUT2D eigenvalue weighted by Gasteiger charge is -2.35. The van der Waals surface area contributed by atoms with E-state index in [2.05, 4.69) is 10.3 Å². The van der Waals surface area contributed by atoms with E-state index in [-0.39, 0.29) is 18.7 Å². The number of allylic oxidation sites excluding steroid dienone is 3. The van der Waals surface area contributed by atoms with Crippen LogP contribution in [0.4, 0.5) is 0 Å². The van der Waals surface area contributed by atoms with Gasteiger partial charge in [0.25, 0.3) is 0 Å². The number of hydrogen-bond donors (Lipinski definition) is 1. The van der Waals surface area contributed by atoms with Gasteiger partial charge in [0.2, 0.25) is 6.41 Å². The largest absolute Gasteiger partial charge is 0.494 e. The van der Waals surface area contributed by atoms with Gasteiger partial charge in [0.1, 0.15) is 23.4 Å². The molecule has 2 heterocycles. The lowest BCUT2D eigenvalue weighted by atomic mass is 9.83. The molecule has 1 unspecified atom stereocenters. The van der Waals surface area contributed by atoms with Gasteiger partial charge in [-0.3, -0.25) is 9.69 Å². The van der Waals surface area contributed by atoms with Crippen molar-refractivity contribution in [3.8, 4) is 0 Å². The summed E-state index contributed by atoms with van der Waals surface area (Å²) in [5.41, 5.74) is 8.58. The average Bonchev–Trinajstić information content (AvgIpc) is 3.15. The summed E-state index contributed by atoms with van der Waals surface area (Å²) in [6, 6.07) is 5.35. The molecule has 9 heteroatoms. The van der Waals surface area contributed by atoms with Crippen LogP contribution in [0.5, 0.6) is 0 Å². The molecule has 0 aliphatic carbocycles. The van der Waals surface area contributed by atoms with Crippen LogP contribution in [-0.2, 0) is 19.1 Å². The van der Waals surface area contributed by atoms with E-state index < -0.39 is 11.9 Å². The van der Waals surface area contributed by atoms with E-state index in [1.54, 1.807) is 26.0 Å². The first kappa shape index (κ1) is 18.6. The minimum absolute atomic E-state index is 0.219. The van der Waals surface area contributed by atoms with Crippen molar-refractivity contribution in [2.24, 2.45) is 5.73 Å². The van der Waals surface area contributed by atoms with E-state index in [1.807, 2.05) is 6.07 Å². The quantitative estimate of drug-likeness (QED) is 0.597. The van der Waals surface area contributed by atoms with Gasteiger partial charge >= 0.3 is 5.97 Å². The highest BCUT2D eigenvalue weighted by Gasteiger charge is 2.39. The number of amides is 1. The number of fused-ring (bicyclic) bond motifs is 1. The van der Waals surface area contributed by atoms with Gasteiger partial charge in [0.15, 0.2) is 0 Å². The number of rotatable bonds is 6. The van der Waals surface area contributed by atoms with Crippen molar-refractivity contribution in [2.45, 2.75) is 19.8 Å². The van der Waals surface area contributed by atoms with E-state index in [9.17, 15) is 9.59 Å². The van der Waals surface area contributed by atoms with Crippen LogP contribution in [0.1, 0.15) is 25.3 Å². The molecule has 142 valence electrons. The highest BCUT2D eigenvalue weighted by atomic mass is 16.6. The molecule has 0 saturated heterocycles. The number of benzene rings is 1. The van der Waals surface area contributed by atoms with Gasteiger partial charge < -0.3 is 15.2 Å². The van der Waals surface area contributed by atoms with Crippen molar-refractivity contribution in [2.75, 3.05) is 20.3 Å². The van der Waals surface area contributed by atoms with Crippen molar-refractivity contribution in [3.63, 3.8) is 0 Å². The molecule has 2 N–H and O–H groups in total. The summed E-state index contributed by atoms with van der Waals surface area (Å²) in [5, 5.41) is 7.83. The number of methoxy groups -OCH3 is 1. The minimum atomic E-state index is -0.643. The molecule has 1 aliphatic rings. The second-order valence-electron chi connectivity index (χ2n) is 5.97. The fraction of sp³-hybridized carbons (Fsp3) is 0.333. The van der Waals surface area contributed by atoms with Crippen molar-refractivity contribution < 1.29 is 23.7 Å². The fourth-order valence-corrected chi connectivity index (χ4v) is 3.30. The molecule has 1 aromatic carbocycles. The summed E-state index contributed by atoms with van der Waals surface area (Å²) >= 11 is 0. The Labute approximate surface area is 155 Å². The van der Waals surface area contributed by atoms with Crippen LogP contribution in [-0.4, -0.2) is 47.9 Å². The van der Waals surface area contributed by atoms with Gasteiger partial charge in [0, 0.05) is 12.2 Å². The number of carbonyl (C=O) groups is 2. The van der Waals surface area contributed by atoms with Crippen LogP contribution >= 0.6 is 0 Å². The monoisotopic (exact) mass is 372 g/mol. The standard InChI is InChI=1S/C18H20N4O5/c1-10-14(18(24)25-3)15(12-5-4-6-13-16(12)21-27-20-13)17(26-8-7-19)11(2)22(10)9-23/h4-6,9,15H,7-8,19H2,1-3H3. The Morgan fingerprint density at radius 3 is 2.78 bits per heavy atom. The number of hydrogen-bond acceptors (Lipinski definition) is 8. The maximum absolute atomic E-state index is 12.6. The first-order valence-electron chi connectivity index (χ1n) is 8.33. The maximum Gasteiger partial charge on any atom is 0.336 e. The van der Waals surface area contributed by atoms with E-state index in [4.69, 9.17) is 19.8 Å². The summed E-state index contributed by atoms with van der Waals surface area (Å²) in [7, 11) is 1.29. The third-order valence-corrected chi connectivity index (χ3v) is 4.53. The predicted molar refractivity (Wildman–Crippen MR) is 94.9 cm³/mol. The Morgan fingerprint density at radius 1 is 1.33 bits per heavy atom. The topological polar surface area (TPSA) is 121 Å². The molecule has 2 aromatic rings. The first-order valence-corrected chi connectivity index (χ1v) is 8.33. The minimum Gasteiger partial charge on any atom is -0.494 e. The highest BCUT2D eigenvalue weighted by Crippen LogP contribution is 2.43. The molecule has 0 radical (unpaired) electrons. The average molecular weight is 372 g/mol. The molecule has 3 rings (SSSR count).